The summed E-state index contributed by atoms with van der Waals surface area (Å²) in [6.45, 7) is 7.40. The molecule has 0 saturated heterocycles. The molecular formula is C18H31NO. The molecule has 0 spiro atoms. The van der Waals surface area contributed by atoms with Crippen LogP contribution in [0.3, 0.4) is 0 Å². The van der Waals surface area contributed by atoms with Crippen molar-refractivity contribution in [3.8, 4) is 5.75 Å². The Balaban J connectivity index is 0.000000956. The SMILES string of the molecule is CC.COc1cccc(CN(C)C2CCC(C)CC2)c1. The van der Waals surface area contributed by atoms with Crippen LogP contribution in [0, 0.1) is 5.92 Å². The van der Waals surface area contributed by atoms with Crippen LogP contribution >= 0.6 is 0 Å². The number of rotatable bonds is 4. The molecule has 0 aliphatic heterocycles. The maximum atomic E-state index is 5.28. The Morgan fingerprint density at radius 1 is 1.15 bits per heavy atom. The number of benzene rings is 1. The predicted octanol–water partition coefficient (Wildman–Crippen LogP) is 4.73. The van der Waals surface area contributed by atoms with Crippen LogP contribution in [0.2, 0.25) is 0 Å². The molecule has 2 nitrogen and oxygen atoms in total. The van der Waals surface area contributed by atoms with Crippen LogP contribution in [0.1, 0.15) is 52.0 Å². The number of nitrogens with zero attached hydrogens (tertiary/aromatic N) is 1. The minimum atomic E-state index is 0.757. The van der Waals surface area contributed by atoms with Crippen LogP contribution in [0.15, 0.2) is 24.3 Å². The summed E-state index contributed by atoms with van der Waals surface area (Å²) in [7, 11) is 3.98. The van der Waals surface area contributed by atoms with Gasteiger partial charge in [-0.2, -0.15) is 0 Å². The molecule has 114 valence electrons. The summed E-state index contributed by atoms with van der Waals surface area (Å²) in [4.78, 5) is 2.50. The normalized spacial score (nSPS) is 22.1. The van der Waals surface area contributed by atoms with Crippen LogP contribution in [0.25, 0.3) is 0 Å². The van der Waals surface area contributed by atoms with E-state index in [9.17, 15) is 0 Å². The van der Waals surface area contributed by atoms with Crippen LogP contribution in [-0.4, -0.2) is 25.1 Å². The van der Waals surface area contributed by atoms with Gasteiger partial charge in [0.25, 0.3) is 0 Å². The highest BCUT2D eigenvalue weighted by Crippen LogP contribution is 2.27. The third kappa shape index (κ3) is 5.16. The quantitative estimate of drug-likeness (QED) is 0.788. The molecule has 0 bridgehead atoms. The summed E-state index contributed by atoms with van der Waals surface area (Å²) >= 11 is 0. The highest BCUT2D eigenvalue weighted by molar-refractivity contribution is 5.28. The first-order valence-electron chi connectivity index (χ1n) is 8.02. The van der Waals surface area contributed by atoms with Crippen molar-refractivity contribution in [3.05, 3.63) is 29.8 Å². The Hall–Kier alpha value is -1.02. The Kier molecular flexibility index (Phi) is 7.68. The largest absolute Gasteiger partial charge is 0.497 e. The van der Waals surface area contributed by atoms with E-state index < -0.39 is 0 Å². The van der Waals surface area contributed by atoms with E-state index in [4.69, 9.17) is 4.74 Å². The maximum Gasteiger partial charge on any atom is 0.119 e. The first-order chi connectivity index (χ1) is 9.69. The molecule has 1 saturated carbocycles. The first-order valence-corrected chi connectivity index (χ1v) is 8.02. The van der Waals surface area contributed by atoms with E-state index in [2.05, 4.69) is 37.1 Å². The van der Waals surface area contributed by atoms with Crippen molar-refractivity contribution in [1.29, 1.82) is 0 Å². The van der Waals surface area contributed by atoms with Gasteiger partial charge in [0.05, 0.1) is 7.11 Å². The molecule has 0 aromatic heterocycles. The van der Waals surface area contributed by atoms with Gasteiger partial charge in [-0.1, -0.05) is 32.9 Å². The second-order valence-corrected chi connectivity index (χ2v) is 5.68. The molecule has 0 amide bonds. The third-order valence-electron chi connectivity index (χ3n) is 4.17. The minimum absolute atomic E-state index is 0.757. The number of ether oxygens (including phenoxy) is 1. The molecule has 0 atom stereocenters. The summed E-state index contributed by atoms with van der Waals surface area (Å²) in [5.41, 5.74) is 1.34. The van der Waals surface area contributed by atoms with Crippen molar-refractivity contribution >= 4 is 0 Å². The van der Waals surface area contributed by atoms with E-state index in [1.54, 1.807) is 7.11 Å². The fourth-order valence-electron chi connectivity index (χ4n) is 2.87. The van der Waals surface area contributed by atoms with E-state index in [1.165, 1.54) is 31.2 Å². The number of hydrogen-bond donors (Lipinski definition) is 0. The van der Waals surface area contributed by atoms with Crippen molar-refractivity contribution in [2.75, 3.05) is 14.2 Å². The summed E-state index contributed by atoms with van der Waals surface area (Å²) in [5.74, 6) is 1.88. The molecular weight excluding hydrogens is 246 g/mol. The summed E-state index contributed by atoms with van der Waals surface area (Å²) < 4.78 is 5.28. The van der Waals surface area contributed by atoms with E-state index >= 15 is 0 Å². The zero-order chi connectivity index (χ0) is 15.0. The lowest BCUT2D eigenvalue weighted by Gasteiger charge is -2.33. The fraction of sp³-hybridized carbons (Fsp3) is 0.667. The fourth-order valence-corrected chi connectivity index (χ4v) is 2.87. The van der Waals surface area contributed by atoms with Crippen molar-refractivity contribution in [3.63, 3.8) is 0 Å². The first kappa shape index (κ1) is 17.0. The molecule has 0 radical (unpaired) electrons. The van der Waals surface area contributed by atoms with Gasteiger partial charge < -0.3 is 4.74 Å². The molecule has 1 aromatic rings. The molecule has 0 heterocycles. The van der Waals surface area contributed by atoms with Crippen molar-refractivity contribution in [2.24, 2.45) is 5.92 Å². The van der Waals surface area contributed by atoms with E-state index in [1.807, 2.05) is 19.9 Å². The van der Waals surface area contributed by atoms with Crippen molar-refractivity contribution in [2.45, 2.75) is 59.0 Å². The molecule has 2 rings (SSSR count). The molecule has 1 aliphatic rings. The standard InChI is InChI=1S/C16H25NO.C2H6/c1-13-7-9-15(10-8-13)17(2)12-14-5-4-6-16(11-14)18-3;1-2/h4-6,11,13,15H,7-10,12H2,1-3H3;1-2H3. The smallest absolute Gasteiger partial charge is 0.119 e. The zero-order valence-electron chi connectivity index (χ0n) is 13.9. The van der Waals surface area contributed by atoms with Gasteiger partial charge in [0, 0.05) is 12.6 Å². The second-order valence-electron chi connectivity index (χ2n) is 5.68. The Morgan fingerprint density at radius 3 is 2.40 bits per heavy atom. The maximum absolute atomic E-state index is 5.28. The highest BCUT2D eigenvalue weighted by atomic mass is 16.5. The molecule has 1 aliphatic carbocycles. The summed E-state index contributed by atoms with van der Waals surface area (Å²) in [5, 5.41) is 0. The molecule has 1 fully saturated rings. The van der Waals surface area contributed by atoms with Crippen molar-refractivity contribution in [1.82, 2.24) is 4.90 Å². The Bertz CT molecular complexity index is 369. The van der Waals surface area contributed by atoms with Gasteiger partial charge in [-0.15, -0.1) is 0 Å². The van der Waals surface area contributed by atoms with Gasteiger partial charge in [-0.05, 0) is 56.3 Å². The van der Waals surface area contributed by atoms with Gasteiger partial charge in [0.2, 0.25) is 0 Å². The molecule has 1 aromatic carbocycles. The average Bonchev–Trinajstić information content (AvgIpc) is 2.50. The summed E-state index contributed by atoms with van der Waals surface area (Å²) in [6.07, 6.45) is 5.46. The van der Waals surface area contributed by atoms with Gasteiger partial charge in [0.1, 0.15) is 5.75 Å². The molecule has 20 heavy (non-hydrogen) atoms. The van der Waals surface area contributed by atoms with Crippen molar-refractivity contribution < 1.29 is 4.74 Å². The summed E-state index contributed by atoms with van der Waals surface area (Å²) in [6, 6.07) is 9.16. The molecule has 0 unspecified atom stereocenters. The van der Waals surface area contributed by atoms with Gasteiger partial charge in [-0.3, -0.25) is 4.90 Å². The highest BCUT2D eigenvalue weighted by Gasteiger charge is 2.21. The van der Waals surface area contributed by atoms with Crippen LogP contribution in [-0.2, 0) is 6.54 Å². The Morgan fingerprint density at radius 2 is 1.80 bits per heavy atom. The number of methoxy groups -OCH3 is 1. The monoisotopic (exact) mass is 277 g/mol. The second kappa shape index (κ2) is 9.02. The van der Waals surface area contributed by atoms with E-state index in [0.29, 0.717) is 0 Å². The van der Waals surface area contributed by atoms with Gasteiger partial charge in [-0.25, -0.2) is 0 Å². The minimum Gasteiger partial charge on any atom is -0.497 e. The molecule has 2 heteroatoms. The number of hydrogen-bond acceptors (Lipinski definition) is 2. The lowest BCUT2D eigenvalue weighted by atomic mass is 9.86. The topological polar surface area (TPSA) is 12.5 Å². The average molecular weight is 277 g/mol. The lowest BCUT2D eigenvalue weighted by Crippen LogP contribution is -2.34. The zero-order valence-corrected chi connectivity index (χ0v) is 13.9. The van der Waals surface area contributed by atoms with Crippen LogP contribution in [0.5, 0.6) is 5.75 Å². The predicted molar refractivity (Wildman–Crippen MR) is 87.2 cm³/mol. The lowest BCUT2D eigenvalue weighted by molar-refractivity contribution is 0.164. The third-order valence-corrected chi connectivity index (χ3v) is 4.17. The van der Waals surface area contributed by atoms with Crippen LogP contribution in [0.4, 0.5) is 0 Å². The van der Waals surface area contributed by atoms with E-state index in [-0.39, 0.29) is 0 Å². The Labute approximate surface area is 125 Å². The van der Waals surface area contributed by atoms with Gasteiger partial charge in [0.15, 0.2) is 0 Å². The molecule has 0 N–H and O–H groups in total. The van der Waals surface area contributed by atoms with Gasteiger partial charge >= 0.3 is 0 Å². The van der Waals surface area contributed by atoms with Crippen LogP contribution < -0.4 is 4.74 Å². The van der Waals surface area contributed by atoms with E-state index in [0.717, 1.165) is 24.3 Å².